The lowest BCUT2D eigenvalue weighted by Crippen LogP contribution is -2.37. The van der Waals surface area contributed by atoms with Crippen LogP contribution in [0.25, 0.3) is 0 Å². The van der Waals surface area contributed by atoms with Gasteiger partial charge in [-0.25, -0.2) is 0 Å². The van der Waals surface area contributed by atoms with Crippen LogP contribution in [-0.4, -0.2) is 38.0 Å². The molecule has 0 aromatic carbocycles. The van der Waals surface area contributed by atoms with Crippen molar-refractivity contribution in [2.45, 2.75) is 44.8 Å². The average Bonchev–Trinajstić information content (AvgIpc) is 2.79. The number of Topliss-reactive ketones (excluding diaryl/α,β-unsaturated/α-hetero) is 1. The predicted molar refractivity (Wildman–Crippen MR) is 62.7 cm³/mol. The minimum Gasteiger partial charge on any atom is -0.381 e. The zero-order valence-corrected chi connectivity index (χ0v) is 10.6. The quantitative estimate of drug-likeness (QED) is 0.691. The summed E-state index contributed by atoms with van der Waals surface area (Å²) in [7, 11) is 0. The van der Waals surface area contributed by atoms with Gasteiger partial charge in [0.05, 0.1) is 19.8 Å². The van der Waals surface area contributed by atoms with E-state index in [1.165, 1.54) is 0 Å². The first-order chi connectivity index (χ1) is 8.26. The third kappa shape index (κ3) is 3.27. The SMILES string of the molecule is CCOCCC(=O)C1CCC2(CC1)OCCO2. The summed E-state index contributed by atoms with van der Waals surface area (Å²) in [6, 6.07) is 0. The Morgan fingerprint density at radius 3 is 2.53 bits per heavy atom. The number of hydrogen-bond acceptors (Lipinski definition) is 4. The predicted octanol–water partition coefficient (Wildman–Crippen LogP) is 1.92. The molecule has 1 spiro atoms. The van der Waals surface area contributed by atoms with Crippen molar-refractivity contribution < 1.29 is 19.0 Å². The van der Waals surface area contributed by atoms with Crippen molar-refractivity contribution in [3.63, 3.8) is 0 Å². The smallest absolute Gasteiger partial charge is 0.168 e. The van der Waals surface area contributed by atoms with Crippen LogP contribution >= 0.6 is 0 Å². The van der Waals surface area contributed by atoms with E-state index >= 15 is 0 Å². The van der Waals surface area contributed by atoms with Gasteiger partial charge in [0.25, 0.3) is 0 Å². The van der Waals surface area contributed by atoms with Crippen molar-refractivity contribution in [1.82, 2.24) is 0 Å². The first-order valence-electron chi connectivity index (χ1n) is 6.64. The van der Waals surface area contributed by atoms with Crippen molar-refractivity contribution in [2.24, 2.45) is 5.92 Å². The van der Waals surface area contributed by atoms with E-state index in [-0.39, 0.29) is 11.7 Å². The van der Waals surface area contributed by atoms with E-state index in [1.54, 1.807) is 0 Å². The van der Waals surface area contributed by atoms with E-state index in [0.717, 1.165) is 25.7 Å². The topological polar surface area (TPSA) is 44.8 Å². The molecular weight excluding hydrogens is 220 g/mol. The van der Waals surface area contributed by atoms with Gasteiger partial charge in [0.2, 0.25) is 0 Å². The zero-order chi connectivity index (χ0) is 12.1. The minimum atomic E-state index is -0.350. The Balaban J connectivity index is 1.72. The minimum absolute atomic E-state index is 0.189. The third-order valence-corrected chi connectivity index (χ3v) is 3.71. The highest BCUT2D eigenvalue weighted by Crippen LogP contribution is 2.38. The van der Waals surface area contributed by atoms with Gasteiger partial charge in [-0.3, -0.25) is 4.79 Å². The molecule has 0 N–H and O–H groups in total. The molecule has 0 atom stereocenters. The first kappa shape index (κ1) is 13.0. The molecule has 4 nitrogen and oxygen atoms in total. The fourth-order valence-electron chi connectivity index (χ4n) is 2.69. The fraction of sp³-hybridized carbons (Fsp3) is 0.923. The van der Waals surface area contributed by atoms with Gasteiger partial charge in [0, 0.05) is 31.8 Å². The summed E-state index contributed by atoms with van der Waals surface area (Å²) in [6.07, 6.45) is 4.05. The molecule has 0 bridgehead atoms. The molecule has 4 heteroatoms. The molecule has 0 unspecified atom stereocenters. The maximum absolute atomic E-state index is 11.9. The van der Waals surface area contributed by atoms with Crippen molar-refractivity contribution in [2.75, 3.05) is 26.4 Å². The molecule has 98 valence electrons. The van der Waals surface area contributed by atoms with Gasteiger partial charge in [0.15, 0.2) is 5.79 Å². The van der Waals surface area contributed by atoms with Crippen LogP contribution in [0.5, 0.6) is 0 Å². The molecule has 2 aliphatic rings. The van der Waals surface area contributed by atoms with Gasteiger partial charge in [-0.05, 0) is 19.8 Å². The first-order valence-corrected chi connectivity index (χ1v) is 6.64. The van der Waals surface area contributed by atoms with E-state index in [9.17, 15) is 4.79 Å². The molecule has 1 saturated heterocycles. The lowest BCUT2D eigenvalue weighted by molar-refractivity contribution is -0.183. The van der Waals surface area contributed by atoms with Gasteiger partial charge in [-0.1, -0.05) is 0 Å². The van der Waals surface area contributed by atoms with Gasteiger partial charge in [-0.2, -0.15) is 0 Å². The number of carbonyl (C=O) groups is 1. The van der Waals surface area contributed by atoms with Gasteiger partial charge in [-0.15, -0.1) is 0 Å². The van der Waals surface area contributed by atoms with Crippen LogP contribution in [0, 0.1) is 5.92 Å². The van der Waals surface area contributed by atoms with Crippen molar-refractivity contribution in [3.8, 4) is 0 Å². The molecule has 1 aliphatic carbocycles. The van der Waals surface area contributed by atoms with E-state index in [1.807, 2.05) is 6.92 Å². The summed E-state index contributed by atoms with van der Waals surface area (Å²) in [6.45, 7) is 4.59. The van der Waals surface area contributed by atoms with Crippen LogP contribution in [0.2, 0.25) is 0 Å². The molecule has 2 fully saturated rings. The Hall–Kier alpha value is -0.450. The second kappa shape index (κ2) is 5.94. The Bertz CT molecular complexity index is 248. The number of carbonyl (C=O) groups excluding carboxylic acids is 1. The summed E-state index contributed by atoms with van der Waals surface area (Å²) < 4.78 is 16.5. The fourth-order valence-corrected chi connectivity index (χ4v) is 2.69. The van der Waals surface area contributed by atoms with Crippen LogP contribution in [0.15, 0.2) is 0 Å². The van der Waals surface area contributed by atoms with Crippen LogP contribution in [0.1, 0.15) is 39.0 Å². The summed E-state index contributed by atoms with van der Waals surface area (Å²) in [4.78, 5) is 11.9. The Kier molecular flexibility index (Phi) is 4.54. The molecule has 0 aromatic heterocycles. The molecular formula is C13H22O4. The Morgan fingerprint density at radius 2 is 1.94 bits per heavy atom. The molecule has 1 aliphatic heterocycles. The molecule has 17 heavy (non-hydrogen) atoms. The number of rotatable bonds is 5. The van der Waals surface area contributed by atoms with Crippen LogP contribution in [0.4, 0.5) is 0 Å². The summed E-state index contributed by atoms with van der Waals surface area (Å²) in [5, 5.41) is 0. The van der Waals surface area contributed by atoms with Gasteiger partial charge in [0.1, 0.15) is 5.78 Å². The molecule has 1 heterocycles. The zero-order valence-electron chi connectivity index (χ0n) is 10.6. The third-order valence-electron chi connectivity index (χ3n) is 3.71. The van der Waals surface area contributed by atoms with Crippen molar-refractivity contribution in [3.05, 3.63) is 0 Å². The standard InChI is InChI=1S/C13H22O4/c1-2-15-8-5-12(14)11-3-6-13(7-4-11)16-9-10-17-13/h11H,2-10H2,1H3. The summed E-state index contributed by atoms with van der Waals surface area (Å²) >= 11 is 0. The lowest BCUT2D eigenvalue weighted by atomic mass is 9.82. The summed E-state index contributed by atoms with van der Waals surface area (Å²) in [5.41, 5.74) is 0. The molecule has 0 radical (unpaired) electrons. The molecule has 1 saturated carbocycles. The van der Waals surface area contributed by atoms with Crippen LogP contribution in [-0.2, 0) is 19.0 Å². The van der Waals surface area contributed by atoms with Crippen molar-refractivity contribution >= 4 is 5.78 Å². The highest BCUT2D eigenvalue weighted by molar-refractivity contribution is 5.81. The van der Waals surface area contributed by atoms with E-state index in [0.29, 0.717) is 38.6 Å². The van der Waals surface area contributed by atoms with Crippen molar-refractivity contribution in [1.29, 1.82) is 0 Å². The average molecular weight is 242 g/mol. The van der Waals surface area contributed by atoms with Crippen LogP contribution in [0.3, 0.4) is 0 Å². The number of hydrogen-bond donors (Lipinski definition) is 0. The monoisotopic (exact) mass is 242 g/mol. The normalized spacial score (nSPS) is 24.3. The van der Waals surface area contributed by atoms with Crippen LogP contribution < -0.4 is 0 Å². The number of ketones is 1. The maximum atomic E-state index is 11.9. The Labute approximate surface area is 103 Å². The highest BCUT2D eigenvalue weighted by Gasteiger charge is 2.41. The summed E-state index contributed by atoms with van der Waals surface area (Å²) in [5.74, 6) is 0.177. The lowest BCUT2D eigenvalue weighted by Gasteiger charge is -2.34. The second-order valence-electron chi connectivity index (χ2n) is 4.80. The molecule has 0 aromatic rings. The molecule has 0 amide bonds. The van der Waals surface area contributed by atoms with Gasteiger partial charge < -0.3 is 14.2 Å². The maximum Gasteiger partial charge on any atom is 0.168 e. The molecule has 2 rings (SSSR count). The van der Waals surface area contributed by atoms with E-state index in [4.69, 9.17) is 14.2 Å². The van der Waals surface area contributed by atoms with E-state index < -0.39 is 0 Å². The largest absolute Gasteiger partial charge is 0.381 e. The van der Waals surface area contributed by atoms with Gasteiger partial charge >= 0.3 is 0 Å². The number of ether oxygens (including phenoxy) is 3. The Morgan fingerprint density at radius 1 is 1.29 bits per heavy atom. The second-order valence-corrected chi connectivity index (χ2v) is 4.80. The van der Waals surface area contributed by atoms with E-state index in [2.05, 4.69) is 0 Å². The highest BCUT2D eigenvalue weighted by atomic mass is 16.7.